The zero-order valence-corrected chi connectivity index (χ0v) is 17.6. The normalized spacial score (nSPS) is 14.3. The zero-order valence-electron chi connectivity index (χ0n) is 17.6. The molecule has 0 radical (unpaired) electrons. The second kappa shape index (κ2) is 9.51. The highest BCUT2D eigenvalue weighted by Gasteiger charge is 2.34. The lowest BCUT2D eigenvalue weighted by molar-refractivity contribution is -0.154. The van der Waals surface area contributed by atoms with Crippen LogP contribution in [0.1, 0.15) is 45.7 Å². The van der Waals surface area contributed by atoms with Gasteiger partial charge in [0.2, 0.25) is 11.8 Å². The molecule has 0 aliphatic carbocycles. The van der Waals surface area contributed by atoms with Gasteiger partial charge in [0, 0.05) is 42.2 Å². The van der Waals surface area contributed by atoms with Gasteiger partial charge in [0.25, 0.3) is 5.91 Å². The molecular formula is C21H23F3N4O4. The number of halogens is 3. The molecule has 0 bridgehead atoms. The minimum absolute atomic E-state index is 0.0232. The van der Waals surface area contributed by atoms with E-state index in [4.69, 9.17) is 9.84 Å². The smallest absolute Gasteiger partial charge is 0.422 e. The average molecular weight is 452 g/mol. The van der Waals surface area contributed by atoms with Gasteiger partial charge in [0.1, 0.15) is 0 Å². The quantitative estimate of drug-likeness (QED) is 0.636. The molecule has 3 rings (SSSR count). The number of aliphatic hydroxyl groups excluding tert-OH is 1. The van der Waals surface area contributed by atoms with Gasteiger partial charge in [-0.25, -0.2) is 4.98 Å². The van der Waals surface area contributed by atoms with Gasteiger partial charge < -0.3 is 20.1 Å². The van der Waals surface area contributed by atoms with Crippen LogP contribution in [0.3, 0.4) is 0 Å². The molecule has 0 saturated carbocycles. The van der Waals surface area contributed by atoms with Crippen molar-refractivity contribution in [1.29, 1.82) is 0 Å². The number of pyridine rings is 2. The Balaban J connectivity index is 1.76. The van der Waals surface area contributed by atoms with Gasteiger partial charge in [-0.05, 0) is 31.5 Å². The largest absolute Gasteiger partial charge is 0.468 e. The number of nitrogens with one attached hydrogen (secondary N) is 1. The van der Waals surface area contributed by atoms with E-state index in [1.807, 2.05) is 0 Å². The van der Waals surface area contributed by atoms with E-state index in [1.54, 1.807) is 30.9 Å². The van der Waals surface area contributed by atoms with Crippen molar-refractivity contribution in [1.82, 2.24) is 20.2 Å². The molecule has 2 aromatic heterocycles. The van der Waals surface area contributed by atoms with E-state index in [9.17, 15) is 22.8 Å². The molecule has 2 amide bonds. The van der Waals surface area contributed by atoms with Gasteiger partial charge >= 0.3 is 6.18 Å². The Morgan fingerprint density at radius 1 is 1.38 bits per heavy atom. The van der Waals surface area contributed by atoms with Crippen LogP contribution in [0, 0.1) is 6.92 Å². The number of ether oxygens (including phenoxy) is 1. The standard InChI is InChI=1S/C21H23F3N4O4/c1-12-7-14(9-27-19(12)32-11-21(22,23)24)13(2)28-10-16-15(20(28)31)3-4-25-17(16)8-18(30)26-5-6-29/h3-4,7,9,13,29H,5-6,8,10-11H2,1-2H3,(H,26,30). The maximum atomic E-state index is 13.0. The summed E-state index contributed by atoms with van der Waals surface area (Å²) in [6, 6.07) is 2.81. The van der Waals surface area contributed by atoms with E-state index in [0.717, 1.165) is 0 Å². The van der Waals surface area contributed by atoms with E-state index in [-0.39, 0.29) is 43.8 Å². The van der Waals surface area contributed by atoms with Gasteiger partial charge in [-0.1, -0.05) is 0 Å². The van der Waals surface area contributed by atoms with Gasteiger partial charge in [-0.15, -0.1) is 0 Å². The monoisotopic (exact) mass is 452 g/mol. The Hall–Kier alpha value is -3.21. The SMILES string of the molecule is Cc1cc(C(C)N2Cc3c(ccnc3CC(=O)NCCO)C2=O)cnc1OCC(F)(F)F. The summed E-state index contributed by atoms with van der Waals surface area (Å²) in [6.45, 7) is 2.13. The topological polar surface area (TPSA) is 105 Å². The van der Waals surface area contributed by atoms with Gasteiger partial charge in [0.05, 0.1) is 24.8 Å². The third-order valence-electron chi connectivity index (χ3n) is 5.10. The first-order valence-corrected chi connectivity index (χ1v) is 9.92. The zero-order chi connectivity index (χ0) is 23.5. The third-order valence-corrected chi connectivity index (χ3v) is 5.10. The van der Waals surface area contributed by atoms with E-state index in [0.29, 0.717) is 27.9 Å². The lowest BCUT2D eigenvalue weighted by Gasteiger charge is -2.25. The highest BCUT2D eigenvalue weighted by molar-refractivity contribution is 5.99. The molecule has 0 spiro atoms. The van der Waals surface area contributed by atoms with Crippen LogP contribution in [0.2, 0.25) is 0 Å². The molecule has 172 valence electrons. The van der Waals surface area contributed by atoms with Gasteiger partial charge in [-0.3, -0.25) is 14.6 Å². The summed E-state index contributed by atoms with van der Waals surface area (Å²) in [5.74, 6) is -0.662. The van der Waals surface area contributed by atoms with Crippen molar-refractivity contribution in [3.05, 3.63) is 52.5 Å². The number of rotatable bonds is 8. The van der Waals surface area contributed by atoms with Crippen molar-refractivity contribution in [3.8, 4) is 5.88 Å². The summed E-state index contributed by atoms with van der Waals surface area (Å²) in [7, 11) is 0. The number of fused-ring (bicyclic) bond motifs is 1. The minimum atomic E-state index is -4.46. The van der Waals surface area contributed by atoms with Crippen molar-refractivity contribution in [2.45, 2.75) is 39.0 Å². The molecule has 1 unspecified atom stereocenters. The summed E-state index contributed by atoms with van der Waals surface area (Å²) in [5, 5.41) is 11.4. The lowest BCUT2D eigenvalue weighted by atomic mass is 10.1. The van der Waals surface area contributed by atoms with E-state index < -0.39 is 18.8 Å². The van der Waals surface area contributed by atoms with E-state index in [2.05, 4.69) is 15.3 Å². The molecular weight excluding hydrogens is 429 g/mol. The Morgan fingerprint density at radius 2 is 2.12 bits per heavy atom. The van der Waals surface area contributed by atoms with Crippen LogP contribution in [0.15, 0.2) is 24.5 Å². The number of hydrogen-bond donors (Lipinski definition) is 2. The first-order chi connectivity index (χ1) is 15.1. The summed E-state index contributed by atoms with van der Waals surface area (Å²) < 4.78 is 41.9. The number of carbonyl (C=O) groups excluding carboxylic acids is 2. The number of aromatic nitrogens is 2. The van der Waals surface area contributed by atoms with Crippen LogP contribution in [0.4, 0.5) is 13.2 Å². The fraction of sp³-hybridized carbons (Fsp3) is 0.429. The first kappa shape index (κ1) is 23.5. The molecule has 11 heteroatoms. The number of carbonyl (C=O) groups is 2. The third kappa shape index (κ3) is 5.34. The molecule has 32 heavy (non-hydrogen) atoms. The highest BCUT2D eigenvalue weighted by atomic mass is 19.4. The predicted molar refractivity (Wildman–Crippen MR) is 107 cm³/mol. The second-order valence-electron chi connectivity index (χ2n) is 7.44. The maximum Gasteiger partial charge on any atom is 0.422 e. The molecule has 1 aliphatic rings. The van der Waals surface area contributed by atoms with Crippen molar-refractivity contribution in [3.63, 3.8) is 0 Å². The Bertz CT molecular complexity index is 1010. The van der Waals surface area contributed by atoms with Gasteiger partial charge in [-0.2, -0.15) is 13.2 Å². The predicted octanol–water partition coefficient (Wildman–Crippen LogP) is 2.09. The van der Waals surface area contributed by atoms with Crippen LogP contribution >= 0.6 is 0 Å². The summed E-state index contributed by atoms with van der Waals surface area (Å²) in [4.78, 5) is 34.8. The highest BCUT2D eigenvalue weighted by Crippen LogP contribution is 2.33. The van der Waals surface area contributed by atoms with Gasteiger partial charge in [0.15, 0.2) is 6.61 Å². The van der Waals surface area contributed by atoms with E-state index in [1.165, 1.54) is 12.4 Å². The second-order valence-corrected chi connectivity index (χ2v) is 7.44. The Morgan fingerprint density at radius 3 is 2.78 bits per heavy atom. The summed E-state index contributed by atoms with van der Waals surface area (Å²) in [5.41, 5.74) is 2.64. The van der Waals surface area contributed by atoms with Crippen LogP contribution in [0.25, 0.3) is 0 Å². The Kier molecular flexibility index (Phi) is 6.97. The van der Waals surface area contributed by atoms with Crippen LogP contribution in [-0.2, 0) is 17.8 Å². The maximum absolute atomic E-state index is 13.0. The number of aliphatic hydroxyl groups is 1. The molecule has 2 aromatic rings. The molecule has 8 nitrogen and oxygen atoms in total. The molecule has 0 fully saturated rings. The number of hydrogen-bond acceptors (Lipinski definition) is 6. The molecule has 3 heterocycles. The van der Waals surface area contributed by atoms with Crippen molar-refractivity contribution in [2.24, 2.45) is 0 Å². The number of nitrogens with zero attached hydrogens (tertiary/aromatic N) is 3. The fourth-order valence-electron chi connectivity index (χ4n) is 3.48. The number of aryl methyl sites for hydroxylation is 1. The average Bonchev–Trinajstić information content (AvgIpc) is 3.08. The Labute approximate surface area is 182 Å². The molecule has 1 aliphatic heterocycles. The lowest BCUT2D eigenvalue weighted by Crippen LogP contribution is -2.29. The van der Waals surface area contributed by atoms with Crippen LogP contribution in [-0.4, -0.2) is 57.7 Å². The first-order valence-electron chi connectivity index (χ1n) is 9.92. The van der Waals surface area contributed by atoms with Crippen LogP contribution in [0.5, 0.6) is 5.88 Å². The van der Waals surface area contributed by atoms with E-state index >= 15 is 0 Å². The summed E-state index contributed by atoms with van der Waals surface area (Å²) in [6.07, 6.45) is -1.63. The number of amides is 2. The molecule has 0 aromatic carbocycles. The molecule has 0 saturated heterocycles. The van der Waals surface area contributed by atoms with Crippen molar-refractivity contribution < 1.29 is 32.6 Å². The molecule has 1 atom stereocenters. The minimum Gasteiger partial charge on any atom is -0.468 e. The number of alkyl halides is 3. The van der Waals surface area contributed by atoms with Crippen LogP contribution < -0.4 is 10.1 Å². The fourth-order valence-corrected chi connectivity index (χ4v) is 3.48. The van der Waals surface area contributed by atoms with Crippen molar-refractivity contribution in [2.75, 3.05) is 19.8 Å². The summed E-state index contributed by atoms with van der Waals surface area (Å²) >= 11 is 0. The molecule has 2 N–H and O–H groups in total. The van der Waals surface area contributed by atoms with Crippen molar-refractivity contribution >= 4 is 11.8 Å².